The molecule has 2 nitrogen and oxygen atoms in total. The van der Waals surface area contributed by atoms with Crippen LogP contribution in [0, 0.1) is 12.8 Å². The van der Waals surface area contributed by atoms with Crippen molar-refractivity contribution in [3.8, 4) is 0 Å². The summed E-state index contributed by atoms with van der Waals surface area (Å²) < 4.78 is 0. The predicted molar refractivity (Wildman–Crippen MR) is 93.8 cm³/mol. The molecule has 1 rings (SSSR count). The van der Waals surface area contributed by atoms with Crippen molar-refractivity contribution in [3.05, 3.63) is 35.4 Å². The summed E-state index contributed by atoms with van der Waals surface area (Å²) in [7, 11) is 2.25. The van der Waals surface area contributed by atoms with Crippen molar-refractivity contribution in [3.63, 3.8) is 0 Å². The van der Waals surface area contributed by atoms with Crippen LogP contribution in [0.1, 0.15) is 57.7 Å². The molecule has 1 aromatic rings. The molecule has 0 aliphatic rings. The molecule has 0 bridgehead atoms. The van der Waals surface area contributed by atoms with E-state index in [0.717, 1.165) is 13.1 Å². The number of hydrogen-bond donors (Lipinski definition) is 1. The third-order valence-electron chi connectivity index (χ3n) is 4.64. The van der Waals surface area contributed by atoms with Gasteiger partial charge >= 0.3 is 0 Å². The van der Waals surface area contributed by atoms with E-state index < -0.39 is 0 Å². The Kier molecular flexibility index (Phi) is 7.98. The molecule has 0 saturated carbocycles. The SMILES string of the molecule is CCCNC(CCN(C)C(C)C(C)C)c1ccccc1C. The first-order chi connectivity index (χ1) is 9.97. The van der Waals surface area contributed by atoms with Crippen molar-refractivity contribution in [2.45, 2.75) is 59.5 Å². The number of aryl methyl sites for hydroxylation is 1. The Morgan fingerprint density at radius 1 is 1.14 bits per heavy atom. The summed E-state index contributed by atoms with van der Waals surface area (Å²) in [6.07, 6.45) is 2.35. The lowest BCUT2D eigenvalue weighted by molar-refractivity contribution is 0.198. The van der Waals surface area contributed by atoms with Crippen LogP contribution in [0.4, 0.5) is 0 Å². The van der Waals surface area contributed by atoms with Gasteiger partial charge in [-0.2, -0.15) is 0 Å². The van der Waals surface area contributed by atoms with Crippen molar-refractivity contribution in [2.24, 2.45) is 5.92 Å². The highest BCUT2D eigenvalue weighted by atomic mass is 15.1. The summed E-state index contributed by atoms with van der Waals surface area (Å²) in [5.74, 6) is 0.704. The molecule has 1 N–H and O–H groups in total. The van der Waals surface area contributed by atoms with Gasteiger partial charge in [-0.05, 0) is 63.9 Å². The molecular formula is C19H34N2. The topological polar surface area (TPSA) is 15.3 Å². The van der Waals surface area contributed by atoms with Gasteiger partial charge in [0.2, 0.25) is 0 Å². The highest BCUT2D eigenvalue weighted by molar-refractivity contribution is 5.28. The summed E-state index contributed by atoms with van der Waals surface area (Å²) >= 11 is 0. The Bertz CT molecular complexity index is 400. The minimum atomic E-state index is 0.466. The largest absolute Gasteiger partial charge is 0.310 e. The molecule has 2 atom stereocenters. The molecule has 2 unspecified atom stereocenters. The van der Waals surface area contributed by atoms with Gasteiger partial charge in [-0.3, -0.25) is 0 Å². The molecule has 0 aliphatic heterocycles. The maximum Gasteiger partial charge on any atom is 0.0335 e. The van der Waals surface area contributed by atoms with E-state index in [2.05, 4.69) is 76.1 Å². The lowest BCUT2D eigenvalue weighted by atomic mass is 9.97. The maximum atomic E-state index is 3.72. The summed E-state index contributed by atoms with van der Waals surface area (Å²) in [5, 5.41) is 3.72. The molecule has 0 spiro atoms. The van der Waals surface area contributed by atoms with Gasteiger partial charge in [0, 0.05) is 12.1 Å². The Morgan fingerprint density at radius 3 is 2.38 bits per heavy atom. The van der Waals surface area contributed by atoms with E-state index in [4.69, 9.17) is 0 Å². The average molecular weight is 290 g/mol. The monoisotopic (exact) mass is 290 g/mol. The standard InChI is InChI=1S/C19H34N2/c1-7-13-20-19(18-11-9-8-10-16(18)4)12-14-21(6)17(5)15(2)3/h8-11,15,17,19-20H,7,12-14H2,1-6H3. The smallest absolute Gasteiger partial charge is 0.0335 e. The molecule has 0 aromatic heterocycles. The molecule has 0 amide bonds. The predicted octanol–water partition coefficient (Wildman–Crippen LogP) is 4.40. The second-order valence-electron chi connectivity index (χ2n) is 6.62. The van der Waals surface area contributed by atoms with Gasteiger partial charge in [0.15, 0.2) is 0 Å². The van der Waals surface area contributed by atoms with Crippen LogP contribution in [0.5, 0.6) is 0 Å². The third kappa shape index (κ3) is 5.80. The molecule has 21 heavy (non-hydrogen) atoms. The van der Waals surface area contributed by atoms with Crippen LogP contribution in [-0.2, 0) is 0 Å². The van der Waals surface area contributed by atoms with Gasteiger partial charge < -0.3 is 10.2 Å². The maximum absolute atomic E-state index is 3.72. The molecule has 0 heterocycles. The Hall–Kier alpha value is -0.860. The fourth-order valence-corrected chi connectivity index (χ4v) is 2.71. The molecule has 0 saturated heterocycles. The second-order valence-corrected chi connectivity index (χ2v) is 6.62. The fourth-order valence-electron chi connectivity index (χ4n) is 2.71. The number of rotatable bonds is 9. The van der Waals surface area contributed by atoms with E-state index in [-0.39, 0.29) is 0 Å². The van der Waals surface area contributed by atoms with Gasteiger partial charge in [-0.15, -0.1) is 0 Å². The average Bonchev–Trinajstić information content (AvgIpc) is 2.47. The van der Waals surface area contributed by atoms with E-state index in [1.165, 1.54) is 24.0 Å². The minimum absolute atomic E-state index is 0.466. The quantitative estimate of drug-likeness (QED) is 0.725. The lowest BCUT2D eigenvalue weighted by Gasteiger charge is -2.30. The van der Waals surface area contributed by atoms with Gasteiger partial charge in [0.05, 0.1) is 0 Å². The van der Waals surface area contributed by atoms with Crippen LogP contribution in [0.2, 0.25) is 0 Å². The van der Waals surface area contributed by atoms with Gasteiger partial charge in [0.1, 0.15) is 0 Å². The van der Waals surface area contributed by atoms with Crippen LogP contribution in [-0.4, -0.2) is 31.1 Å². The first kappa shape index (κ1) is 18.2. The highest BCUT2D eigenvalue weighted by Gasteiger charge is 2.17. The van der Waals surface area contributed by atoms with Crippen LogP contribution in [0.3, 0.4) is 0 Å². The first-order valence-corrected chi connectivity index (χ1v) is 8.46. The van der Waals surface area contributed by atoms with Crippen molar-refractivity contribution in [1.29, 1.82) is 0 Å². The highest BCUT2D eigenvalue weighted by Crippen LogP contribution is 2.21. The molecule has 2 heteroatoms. The third-order valence-corrected chi connectivity index (χ3v) is 4.64. The Balaban J connectivity index is 2.69. The van der Waals surface area contributed by atoms with Crippen molar-refractivity contribution in [2.75, 3.05) is 20.1 Å². The summed E-state index contributed by atoms with van der Waals surface area (Å²) in [6, 6.07) is 9.87. The number of nitrogens with one attached hydrogen (secondary N) is 1. The Labute approximate surface area is 131 Å². The number of benzene rings is 1. The van der Waals surface area contributed by atoms with Crippen molar-refractivity contribution >= 4 is 0 Å². The van der Waals surface area contributed by atoms with Gasteiger partial charge in [-0.1, -0.05) is 45.0 Å². The van der Waals surface area contributed by atoms with Crippen molar-refractivity contribution in [1.82, 2.24) is 10.2 Å². The summed E-state index contributed by atoms with van der Waals surface area (Å²) in [6.45, 7) is 13.6. The molecular weight excluding hydrogens is 256 g/mol. The van der Waals surface area contributed by atoms with Crippen LogP contribution in [0.15, 0.2) is 24.3 Å². The minimum Gasteiger partial charge on any atom is -0.310 e. The van der Waals surface area contributed by atoms with Crippen LogP contribution < -0.4 is 5.32 Å². The van der Waals surface area contributed by atoms with Gasteiger partial charge in [-0.25, -0.2) is 0 Å². The van der Waals surface area contributed by atoms with Gasteiger partial charge in [0.25, 0.3) is 0 Å². The van der Waals surface area contributed by atoms with E-state index in [0.29, 0.717) is 18.0 Å². The second kappa shape index (κ2) is 9.22. The molecule has 120 valence electrons. The molecule has 1 aromatic carbocycles. The zero-order valence-corrected chi connectivity index (χ0v) is 14.8. The van der Waals surface area contributed by atoms with E-state index in [9.17, 15) is 0 Å². The Morgan fingerprint density at radius 2 is 1.81 bits per heavy atom. The molecule has 0 radical (unpaired) electrons. The van der Waals surface area contributed by atoms with E-state index in [1.807, 2.05) is 0 Å². The summed E-state index contributed by atoms with van der Waals surface area (Å²) in [4.78, 5) is 2.49. The lowest BCUT2D eigenvalue weighted by Crippen LogP contribution is -2.36. The van der Waals surface area contributed by atoms with E-state index in [1.54, 1.807) is 0 Å². The normalized spacial score (nSPS) is 14.7. The molecule has 0 fully saturated rings. The van der Waals surface area contributed by atoms with Crippen LogP contribution >= 0.6 is 0 Å². The zero-order valence-electron chi connectivity index (χ0n) is 14.8. The number of hydrogen-bond acceptors (Lipinski definition) is 2. The van der Waals surface area contributed by atoms with Crippen LogP contribution in [0.25, 0.3) is 0 Å². The fraction of sp³-hybridized carbons (Fsp3) is 0.684. The number of nitrogens with zero attached hydrogens (tertiary/aromatic N) is 1. The first-order valence-electron chi connectivity index (χ1n) is 8.46. The van der Waals surface area contributed by atoms with E-state index >= 15 is 0 Å². The zero-order chi connectivity index (χ0) is 15.8. The molecule has 0 aliphatic carbocycles. The summed E-state index contributed by atoms with van der Waals surface area (Å²) in [5.41, 5.74) is 2.85. The van der Waals surface area contributed by atoms with Crippen molar-refractivity contribution < 1.29 is 0 Å².